The molecule has 6 heteroatoms. The Kier molecular flexibility index (Phi) is 5.23. The van der Waals surface area contributed by atoms with Gasteiger partial charge >= 0.3 is 0 Å². The molecule has 1 aromatic carbocycles. The molecule has 27 heavy (non-hydrogen) atoms. The van der Waals surface area contributed by atoms with E-state index in [1.807, 2.05) is 37.2 Å². The van der Waals surface area contributed by atoms with Gasteiger partial charge in [0.05, 0.1) is 5.71 Å². The lowest BCUT2D eigenvalue weighted by Crippen LogP contribution is -2.25. The molecule has 4 rings (SSSR count). The minimum absolute atomic E-state index is 0.839. The van der Waals surface area contributed by atoms with Crippen molar-refractivity contribution < 1.29 is 0 Å². The number of hydrazone groups is 1. The van der Waals surface area contributed by atoms with Crippen LogP contribution in [0.1, 0.15) is 38.2 Å². The van der Waals surface area contributed by atoms with E-state index in [1.54, 1.807) is 0 Å². The second-order valence-electron chi connectivity index (χ2n) is 7.35. The third-order valence-electron chi connectivity index (χ3n) is 5.33. The molecule has 0 aliphatic carbocycles. The fraction of sp³-hybridized carbons (Fsp3) is 0.476. The molecule has 2 fully saturated rings. The first kappa shape index (κ1) is 17.8. The molecule has 6 nitrogen and oxygen atoms in total. The van der Waals surface area contributed by atoms with Crippen LogP contribution in [0, 0.1) is 0 Å². The van der Waals surface area contributed by atoms with Crippen LogP contribution in [0.15, 0.2) is 41.5 Å². The number of anilines is 3. The Balaban J connectivity index is 1.65. The quantitative estimate of drug-likeness (QED) is 0.600. The van der Waals surface area contributed by atoms with E-state index in [9.17, 15) is 0 Å². The van der Waals surface area contributed by atoms with Crippen molar-refractivity contribution in [1.29, 1.82) is 0 Å². The summed E-state index contributed by atoms with van der Waals surface area (Å²) in [6.45, 7) is 6.27. The van der Waals surface area contributed by atoms with Crippen molar-refractivity contribution >= 4 is 23.3 Å². The average molecular weight is 364 g/mol. The van der Waals surface area contributed by atoms with Crippen LogP contribution in [0.25, 0.3) is 0 Å². The normalized spacial score (nSPS) is 17.6. The molecule has 0 atom stereocenters. The molecule has 2 aliphatic rings. The van der Waals surface area contributed by atoms with E-state index in [2.05, 4.69) is 28.0 Å². The van der Waals surface area contributed by atoms with E-state index in [0.717, 1.165) is 55.0 Å². The van der Waals surface area contributed by atoms with E-state index >= 15 is 0 Å². The van der Waals surface area contributed by atoms with Crippen LogP contribution in [0.3, 0.4) is 0 Å². The van der Waals surface area contributed by atoms with Gasteiger partial charge in [-0.2, -0.15) is 15.1 Å². The third-order valence-corrected chi connectivity index (χ3v) is 5.33. The SMILES string of the molecule is C/C(=N\N(C)c1cc(N2CCCC2)nc(N2CCCC2)n1)c1ccccc1. The Morgan fingerprint density at radius 3 is 2.22 bits per heavy atom. The minimum Gasteiger partial charge on any atom is -0.356 e. The van der Waals surface area contributed by atoms with Crippen LogP contribution in [-0.4, -0.2) is 48.9 Å². The standard InChI is InChI=1S/C21H28N6/c1-17(18-10-4-3-5-11-18)24-25(2)19-16-20(26-12-6-7-13-26)23-21(22-19)27-14-8-9-15-27/h3-5,10-11,16H,6-9,12-15H2,1-2H3/b24-17+. The van der Waals surface area contributed by atoms with Gasteiger partial charge < -0.3 is 9.80 Å². The first-order valence-corrected chi connectivity index (χ1v) is 9.94. The van der Waals surface area contributed by atoms with Gasteiger partial charge in [0, 0.05) is 39.3 Å². The predicted octanol–water partition coefficient (Wildman–Crippen LogP) is 3.54. The van der Waals surface area contributed by atoms with Gasteiger partial charge in [-0.15, -0.1) is 0 Å². The number of nitrogens with zero attached hydrogens (tertiary/aromatic N) is 6. The lowest BCUT2D eigenvalue weighted by Gasteiger charge is -2.23. The number of hydrogen-bond acceptors (Lipinski definition) is 6. The summed E-state index contributed by atoms with van der Waals surface area (Å²) in [5.74, 6) is 2.72. The zero-order valence-corrected chi connectivity index (χ0v) is 16.3. The second kappa shape index (κ2) is 7.94. The highest BCUT2D eigenvalue weighted by atomic mass is 15.5. The fourth-order valence-corrected chi connectivity index (χ4v) is 3.76. The summed E-state index contributed by atoms with van der Waals surface area (Å²) in [6, 6.07) is 12.3. The summed E-state index contributed by atoms with van der Waals surface area (Å²) >= 11 is 0. The Hall–Kier alpha value is -2.63. The summed E-state index contributed by atoms with van der Waals surface area (Å²) in [4.78, 5) is 14.4. The van der Waals surface area contributed by atoms with Gasteiger partial charge in [-0.3, -0.25) is 5.01 Å². The van der Waals surface area contributed by atoms with Crippen molar-refractivity contribution in [3.63, 3.8) is 0 Å². The van der Waals surface area contributed by atoms with Crippen LogP contribution < -0.4 is 14.8 Å². The first-order chi connectivity index (χ1) is 13.2. The maximum atomic E-state index is 4.88. The van der Waals surface area contributed by atoms with Gasteiger partial charge in [0.1, 0.15) is 5.82 Å². The van der Waals surface area contributed by atoms with E-state index in [1.165, 1.54) is 25.7 Å². The zero-order chi connectivity index (χ0) is 18.6. The molecule has 2 aliphatic heterocycles. The highest BCUT2D eigenvalue weighted by molar-refractivity contribution is 5.99. The molecular formula is C21H28N6. The molecule has 0 saturated carbocycles. The molecule has 0 N–H and O–H groups in total. The summed E-state index contributed by atoms with van der Waals surface area (Å²) < 4.78 is 0. The molecular weight excluding hydrogens is 336 g/mol. The summed E-state index contributed by atoms with van der Waals surface area (Å²) in [6.07, 6.45) is 4.90. The zero-order valence-electron chi connectivity index (χ0n) is 16.3. The van der Waals surface area contributed by atoms with Crippen molar-refractivity contribution in [2.75, 3.05) is 48.0 Å². The van der Waals surface area contributed by atoms with Crippen LogP contribution in [0.2, 0.25) is 0 Å². The Morgan fingerprint density at radius 1 is 0.926 bits per heavy atom. The summed E-state index contributed by atoms with van der Waals surface area (Å²) in [5, 5.41) is 6.65. The molecule has 0 radical (unpaired) electrons. The van der Waals surface area contributed by atoms with E-state index in [4.69, 9.17) is 15.1 Å². The average Bonchev–Trinajstić information content (AvgIpc) is 3.42. The van der Waals surface area contributed by atoms with Crippen molar-refractivity contribution in [2.24, 2.45) is 5.10 Å². The molecule has 2 aromatic rings. The predicted molar refractivity (Wildman–Crippen MR) is 112 cm³/mol. The third kappa shape index (κ3) is 4.04. The highest BCUT2D eigenvalue weighted by Crippen LogP contribution is 2.27. The Labute approximate surface area is 161 Å². The van der Waals surface area contributed by atoms with Gasteiger partial charge in [0.15, 0.2) is 5.82 Å². The van der Waals surface area contributed by atoms with E-state index < -0.39 is 0 Å². The van der Waals surface area contributed by atoms with Crippen LogP contribution in [0.5, 0.6) is 0 Å². The molecule has 0 amide bonds. The van der Waals surface area contributed by atoms with Gasteiger partial charge in [-0.1, -0.05) is 30.3 Å². The molecule has 142 valence electrons. The van der Waals surface area contributed by atoms with Crippen LogP contribution >= 0.6 is 0 Å². The summed E-state index contributed by atoms with van der Waals surface area (Å²) in [5.41, 5.74) is 2.10. The number of aromatic nitrogens is 2. The van der Waals surface area contributed by atoms with Crippen molar-refractivity contribution in [3.05, 3.63) is 42.0 Å². The van der Waals surface area contributed by atoms with E-state index in [-0.39, 0.29) is 0 Å². The molecule has 0 spiro atoms. The Bertz CT molecular complexity index is 757. The largest absolute Gasteiger partial charge is 0.356 e. The maximum absolute atomic E-state index is 4.88. The molecule has 1 aromatic heterocycles. The lowest BCUT2D eigenvalue weighted by atomic mass is 10.1. The smallest absolute Gasteiger partial charge is 0.229 e. The molecule has 3 heterocycles. The van der Waals surface area contributed by atoms with Gasteiger partial charge in [-0.05, 0) is 38.2 Å². The number of rotatable bonds is 5. The number of hydrogen-bond donors (Lipinski definition) is 0. The first-order valence-electron chi connectivity index (χ1n) is 9.94. The highest BCUT2D eigenvalue weighted by Gasteiger charge is 2.21. The molecule has 0 unspecified atom stereocenters. The molecule has 2 saturated heterocycles. The molecule has 0 bridgehead atoms. The van der Waals surface area contributed by atoms with Crippen molar-refractivity contribution in [2.45, 2.75) is 32.6 Å². The number of benzene rings is 1. The lowest BCUT2D eigenvalue weighted by molar-refractivity contribution is 0.856. The van der Waals surface area contributed by atoms with Crippen molar-refractivity contribution in [3.8, 4) is 0 Å². The fourth-order valence-electron chi connectivity index (χ4n) is 3.76. The second-order valence-corrected chi connectivity index (χ2v) is 7.35. The van der Waals surface area contributed by atoms with Gasteiger partial charge in [0.25, 0.3) is 0 Å². The Morgan fingerprint density at radius 2 is 1.56 bits per heavy atom. The monoisotopic (exact) mass is 364 g/mol. The van der Waals surface area contributed by atoms with Gasteiger partial charge in [0.2, 0.25) is 5.95 Å². The minimum atomic E-state index is 0.839. The van der Waals surface area contributed by atoms with E-state index in [0.29, 0.717) is 0 Å². The van der Waals surface area contributed by atoms with Gasteiger partial charge in [-0.25, -0.2) is 0 Å². The van der Waals surface area contributed by atoms with Crippen molar-refractivity contribution in [1.82, 2.24) is 9.97 Å². The van der Waals surface area contributed by atoms with Crippen LogP contribution in [0.4, 0.5) is 17.6 Å². The topological polar surface area (TPSA) is 47.9 Å². The maximum Gasteiger partial charge on any atom is 0.229 e. The van der Waals surface area contributed by atoms with Crippen LogP contribution in [-0.2, 0) is 0 Å². The summed E-state index contributed by atoms with van der Waals surface area (Å²) in [7, 11) is 1.97.